The van der Waals surface area contributed by atoms with Crippen LogP contribution in [0.1, 0.15) is 53.3 Å². The monoisotopic (exact) mass is 264 g/mol. The third-order valence-electron chi connectivity index (χ3n) is 2.97. The molecule has 0 aromatic carbocycles. The van der Waals surface area contributed by atoms with Crippen LogP contribution in [0.15, 0.2) is 6.07 Å². The van der Waals surface area contributed by atoms with Crippen LogP contribution in [0.5, 0.6) is 0 Å². The first-order valence-electron chi connectivity index (χ1n) is 7.50. The highest BCUT2D eigenvalue weighted by atomic mass is 15.2. The molecule has 0 aliphatic heterocycles. The summed E-state index contributed by atoms with van der Waals surface area (Å²) < 4.78 is 0. The van der Waals surface area contributed by atoms with E-state index in [9.17, 15) is 0 Å². The van der Waals surface area contributed by atoms with Crippen molar-refractivity contribution in [2.75, 3.05) is 23.3 Å². The fraction of sp³-hybridized carbons (Fsp3) is 0.733. The Bertz CT molecular complexity index is 352. The van der Waals surface area contributed by atoms with E-state index in [2.05, 4.69) is 55.9 Å². The van der Waals surface area contributed by atoms with Crippen molar-refractivity contribution in [1.29, 1.82) is 0 Å². The molecule has 4 heteroatoms. The van der Waals surface area contributed by atoms with E-state index in [0.717, 1.165) is 49.8 Å². The second-order valence-corrected chi connectivity index (χ2v) is 5.10. The van der Waals surface area contributed by atoms with Gasteiger partial charge in [-0.25, -0.2) is 9.97 Å². The molecule has 1 N–H and O–H groups in total. The van der Waals surface area contributed by atoms with E-state index >= 15 is 0 Å². The Labute approximate surface area is 117 Å². The SMILES string of the molecule is CCCc1nc(NCC)cc(N(CCC)C(C)C)n1. The normalized spacial score (nSPS) is 10.8. The molecule has 0 atom stereocenters. The zero-order valence-corrected chi connectivity index (χ0v) is 13.0. The van der Waals surface area contributed by atoms with Crippen molar-refractivity contribution in [3.63, 3.8) is 0 Å². The van der Waals surface area contributed by atoms with Crippen LogP contribution in [-0.4, -0.2) is 29.1 Å². The summed E-state index contributed by atoms with van der Waals surface area (Å²) in [6.07, 6.45) is 3.14. The minimum absolute atomic E-state index is 0.457. The van der Waals surface area contributed by atoms with E-state index in [4.69, 9.17) is 4.98 Å². The van der Waals surface area contributed by atoms with Crippen molar-refractivity contribution in [3.05, 3.63) is 11.9 Å². The first-order valence-corrected chi connectivity index (χ1v) is 7.50. The summed E-state index contributed by atoms with van der Waals surface area (Å²) in [7, 11) is 0. The summed E-state index contributed by atoms with van der Waals surface area (Å²) in [6.45, 7) is 12.8. The van der Waals surface area contributed by atoms with Crippen molar-refractivity contribution >= 4 is 11.6 Å². The Morgan fingerprint density at radius 2 is 1.89 bits per heavy atom. The van der Waals surface area contributed by atoms with Gasteiger partial charge in [0.2, 0.25) is 0 Å². The molecule has 1 aromatic heterocycles. The van der Waals surface area contributed by atoms with E-state index in [1.165, 1.54) is 0 Å². The highest BCUT2D eigenvalue weighted by Crippen LogP contribution is 2.19. The molecule has 0 aliphatic carbocycles. The van der Waals surface area contributed by atoms with Gasteiger partial charge in [0.05, 0.1) is 0 Å². The summed E-state index contributed by atoms with van der Waals surface area (Å²) in [6, 6.07) is 2.53. The number of nitrogens with zero attached hydrogens (tertiary/aromatic N) is 3. The number of hydrogen-bond acceptors (Lipinski definition) is 4. The molecule has 1 aromatic rings. The molecule has 1 rings (SSSR count). The summed E-state index contributed by atoms with van der Waals surface area (Å²) >= 11 is 0. The number of anilines is 2. The summed E-state index contributed by atoms with van der Waals surface area (Å²) in [5.41, 5.74) is 0. The maximum atomic E-state index is 4.72. The molecule has 0 spiro atoms. The Balaban J connectivity index is 3.08. The third-order valence-corrected chi connectivity index (χ3v) is 2.97. The van der Waals surface area contributed by atoms with Crippen LogP contribution in [0.2, 0.25) is 0 Å². The molecule has 4 nitrogen and oxygen atoms in total. The summed E-state index contributed by atoms with van der Waals surface area (Å²) in [5, 5.41) is 3.30. The minimum Gasteiger partial charge on any atom is -0.370 e. The molecule has 0 unspecified atom stereocenters. The lowest BCUT2D eigenvalue weighted by Gasteiger charge is -2.28. The van der Waals surface area contributed by atoms with Crippen LogP contribution < -0.4 is 10.2 Å². The van der Waals surface area contributed by atoms with Gasteiger partial charge in [0.15, 0.2) is 0 Å². The first-order chi connectivity index (χ1) is 9.12. The van der Waals surface area contributed by atoms with E-state index in [0.29, 0.717) is 6.04 Å². The number of aryl methyl sites for hydroxylation is 1. The van der Waals surface area contributed by atoms with Gasteiger partial charge in [-0.2, -0.15) is 0 Å². The van der Waals surface area contributed by atoms with E-state index in [1.807, 2.05) is 0 Å². The predicted octanol–water partition coefficient (Wildman–Crippen LogP) is 3.49. The Morgan fingerprint density at radius 1 is 1.16 bits per heavy atom. The maximum Gasteiger partial charge on any atom is 0.134 e. The second-order valence-electron chi connectivity index (χ2n) is 5.10. The van der Waals surface area contributed by atoms with Crippen LogP contribution in [0.4, 0.5) is 11.6 Å². The molecule has 0 fully saturated rings. The van der Waals surface area contributed by atoms with Crippen LogP contribution in [0.25, 0.3) is 0 Å². The van der Waals surface area contributed by atoms with Gasteiger partial charge in [-0.3, -0.25) is 0 Å². The van der Waals surface area contributed by atoms with Crippen LogP contribution in [0.3, 0.4) is 0 Å². The minimum atomic E-state index is 0.457. The quantitative estimate of drug-likeness (QED) is 0.780. The van der Waals surface area contributed by atoms with Crippen molar-refractivity contribution in [2.24, 2.45) is 0 Å². The van der Waals surface area contributed by atoms with E-state index in [-0.39, 0.29) is 0 Å². The Kier molecular flexibility index (Phi) is 6.60. The number of nitrogens with one attached hydrogen (secondary N) is 1. The average molecular weight is 264 g/mol. The smallest absolute Gasteiger partial charge is 0.134 e. The molecule has 0 bridgehead atoms. The fourth-order valence-electron chi connectivity index (χ4n) is 2.12. The number of aromatic nitrogens is 2. The average Bonchev–Trinajstić information content (AvgIpc) is 2.36. The van der Waals surface area contributed by atoms with Crippen LogP contribution in [-0.2, 0) is 6.42 Å². The predicted molar refractivity (Wildman–Crippen MR) is 83.0 cm³/mol. The van der Waals surface area contributed by atoms with Crippen molar-refractivity contribution < 1.29 is 0 Å². The van der Waals surface area contributed by atoms with E-state index in [1.54, 1.807) is 0 Å². The molecule has 0 amide bonds. The molecule has 0 saturated heterocycles. The molecule has 0 aliphatic rings. The zero-order chi connectivity index (χ0) is 14.3. The standard InChI is InChI=1S/C15H28N4/c1-6-9-13-17-14(16-8-3)11-15(18-13)19(10-7-2)12(4)5/h11-12H,6-10H2,1-5H3,(H,16,17,18). The number of rotatable bonds is 8. The first kappa shape index (κ1) is 15.7. The van der Waals surface area contributed by atoms with Gasteiger partial charge in [0.1, 0.15) is 17.5 Å². The van der Waals surface area contributed by atoms with Gasteiger partial charge >= 0.3 is 0 Å². The Morgan fingerprint density at radius 3 is 2.42 bits per heavy atom. The van der Waals surface area contributed by atoms with Gasteiger partial charge in [0.25, 0.3) is 0 Å². The lowest BCUT2D eigenvalue weighted by atomic mass is 10.2. The topological polar surface area (TPSA) is 41.1 Å². The third kappa shape index (κ3) is 4.69. The Hall–Kier alpha value is -1.32. The van der Waals surface area contributed by atoms with Crippen LogP contribution in [0, 0.1) is 0 Å². The van der Waals surface area contributed by atoms with Crippen molar-refractivity contribution in [3.8, 4) is 0 Å². The highest BCUT2D eigenvalue weighted by molar-refractivity contribution is 5.50. The van der Waals surface area contributed by atoms with E-state index < -0.39 is 0 Å². The lowest BCUT2D eigenvalue weighted by Crippen LogP contribution is -2.32. The molecule has 19 heavy (non-hydrogen) atoms. The van der Waals surface area contributed by atoms with Gasteiger partial charge in [-0.15, -0.1) is 0 Å². The van der Waals surface area contributed by atoms with Gasteiger partial charge < -0.3 is 10.2 Å². The number of hydrogen-bond donors (Lipinski definition) is 1. The molecule has 0 radical (unpaired) electrons. The molecular formula is C15H28N4. The summed E-state index contributed by atoms with van der Waals surface area (Å²) in [4.78, 5) is 11.6. The van der Waals surface area contributed by atoms with Gasteiger partial charge in [-0.1, -0.05) is 13.8 Å². The molecule has 1 heterocycles. The molecule has 108 valence electrons. The highest BCUT2D eigenvalue weighted by Gasteiger charge is 2.13. The maximum absolute atomic E-state index is 4.72. The largest absolute Gasteiger partial charge is 0.370 e. The van der Waals surface area contributed by atoms with Crippen LogP contribution >= 0.6 is 0 Å². The summed E-state index contributed by atoms with van der Waals surface area (Å²) in [5.74, 6) is 2.93. The molecule has 0 saturated carbocycles. The zero-order valence-electron chi connectivity index (χ0n) is 13.0. The van der Waals surface area contributed by atoms with Gasteiger partial charge in [0, 0.05) is 31.6 Å². The second kappa shape index (κ2) is 7.97. The lowest BCUT2D eigenvalue weighted by molar-refractivity contribution is 0.657. The van der Waals surface area contributed by atoms with Gasteiger partial charge in [-0.05, 0) is 33.6 Å². The molecular weight excluding hydrogens is 236 g/mol. The van der Waals surface area contributed by atoms with Crippen molar-refractivity contribution in [1.82, 2.24) is 9.97 Å². The van der Waals surface area contributed by atoms with Crippen molar-refractivity contribution in [2.45, 2.75) is 59.9 Å². The fourth-order valence-corrected chi connectivity index (χ4v) is 2.12.